The first-order chi connectivity index (χ1) is 27.4. The zero-order valence-corrected chi connectivity index (χ0v) is 36.0. The van der Waals surface area contributed by atoms with Gasteiger partial charge in [-0.05, 0) is 86.5 Å². The summed E-state index contributed by atoms with van der Waals surface area (Å²) in [5.41, 5.74) is 15.1. The van der Waals surface area contributed by atoms with E-state index in [9.17, 15) is 0 Å². The van der Waals surface area contributed by atoms with E-state index in [0.717, 1.165) is 33.3 Å². The van der Waals surface area contributed by atoms with Crippen molar-refractivity contribution in [1.29, 1.82) is 0 Å². The first-order valence-electron chi connectivity index (χ1n) is 19.9. The Morgan fingerprint density at radius 1 is 0.638 bits per heavy atom. The summed E-state index contributed by atoms with van der Waals surface area (Å²) in [7, 11) is 2.14. The van der Waals surface area contributed by atoms with Crippen LogP contribution in [0.3, 0.4) is 0 Å². The van der Waals surface area contributed by atoms with Gasteiger partial charge in [-0.15, -0.1) is 35.2 Å². The number of aromatic nitrogens is 2. The van der Waals surface area contributed by atoms with Gasteiger partial charge in [-0.25, -0.2) is 4.98 Å². The second-order valence-electron chi connectivity index (χ2n) is 17.9. The van der Waals surface area contributed by atoms with Crippen LogP contribution in [0.25, 0.3) is 38.8 Å². The molecule has 0 unspecified atom stereocenters. The van der Waals surface area contributed by atoms with Gasteiger partial charge in [0, 0.05) is 61.1 Å². The third-order valence-corrected chi connectivity index (χ3v) is 12.4. The number of anilines is 3. The largest absolute Gasteiger partial charge is 0.509 e. The average Bonchev–Trinajstić information content (AvgIpc) is 3.82. The first kappa shape index (κ1) is 36.7. The number of ether oxygens (including phenoxy) is 1. The Hall–Kier alpha value is -5.64. The molecule has 6 aromatic carbocycles. The third kappa shape index (κ3) is 5.08. The minimum absolute atomic E-state index is 0. The average molecular weight is 935 g/mol. The second kappa shape index (κ2) is 12.7. The van der Waals surface area contributed by atoms with Crippen molar-refractivity contribution in [2.75, 3.05) is 16.8 Å². The minimum atomic E-state index is -0.576. The second-order valence-corrected chi connectivity index (χ2v) is 17.9. The molecule has 0 fully saturated rings. The molecule has 0 saturated heterocycles. The fraction of sp³-hybridized carbons (Fsp3) is 0.192. The normalized spacial score (nSPS) is 14.7. The van der Waals surface area contributed by atoms with Gasteiger partial charge >= 0.3 is 0 Å². The van der Waals surface area contributed by atoms with Crippen LogP contribution >= 0.6 is 0 Å². The Balaban J connectivity index is 0.00000408. The maximum absolute atomic E-state index is 6.78. The van der Waals surface area contributed by atoms with Crippen LogP contribution < -0.4 is 14.5 Å². The molecule has 4 heterocycles. The minimum Gasteiger partial charge on any atom is -0.509 e. The van der Waals surface area contributed by atoms with Crippen molar-refractivity contribution in [2.45, 2.75) is 57.8 Å². The standard InChI is InChI=1S/C52H43N4O.Pt/c1-50(2,3)32-18-22-36-37-23-19-33(51(4,5)6)28-43(37)52(42(36)27-32)40-25-21-35(30-47(40)55-31-54(7)45-16-12-14-41(52)49(45)55)57-34-20-24-39-38-13-8-9-15-44(38)56(46(39)29-34)48-17-10-11-26-53-48;/h8-28,31H,1-7H3;/q-3;. The smallest absolute Gasteiger partial charge is 0.135 e. The summed E-state index contributed by atoms with van der Waals surface area (Å²) >= 11 is 0. The molecule has 0 N–H and O–H groups in total. The molecule has 290 valence electrons. The van der Waals surface area contributed by atoms with Gasteiger partial charge in [-0.1, -0.05) is 126 Å². The van der Waals surface area contributed by atoms with Crippen molar-refractivity contribution in [1.82, 2.24) is 9.55 Å². The number of hydrogen-bond acceptors (Lipinski definition) is 4. The molecule has 1 spiro atoms. The topological polar surface area (TPSA) is 33.5 Å². The van der Waals surface area contributed by atoms with Crippen molar-refractivity contribution in [3.05, 3.63) is 180 Å². The molecule has 2 aliphatic heterocycles. The molecule has 0 saturated carbocycles. The van der Waals surface area contributed by atoms with E-state index in [0.29, 0.717) is 11.5 Å². The SMILES string of the molecule is CN1[CH-]N2c3[c-]c(Oc4[c-]c5c(cc4)c4ccccc4n5-c4ccccn4)ccc3C3(c4cc(C(C)(C)C)ccc4-c4ccc(C(C)(C)C)cc43)c3cccc1c32.[Pt]. The van der Waals surface area contributed by atoms with Gasteiger partial charge in [0.1, 0.15) is 5.82 Å². The van der Waals surface area contributed by atoms with Gasteiger partial charge < -0.3 is 19.1 Å². The van der Waals surface area contributed by atoms with Gasteiger partial charge in [-0.3, -0.25) is 0 Å². The van der Waals surface area contributed by atoms with Crippen molar-refractivity contribution >= 4 is 38.9 Å². The summed E-state index contributed by atoms with van der Waals surface area (Å²) in [5, 5.41) is 2.25. The van der Waals surface area contributed by atoms with E-state index >= 15 is 0 Å². The fourth-order valence-corrected chi connectivity index (χ4v) is 9.61. The van der Waals surface area contributed by atoms with E-state index in [2.05, 4.69) is 179 Å². The zero-order valence-electron chi connectivity index (χ0n) is 33.7. The van der Waals surface area contributed by atoms with Crippen LogP contribution in [0.4, 0.5) is 17.1 Å². The van der Waals surface area contributed by atoms with E-state index in [4.69, 9.17) is 9.72 Å². The summed E-state index contributed by atoms with van der Waals surface area (Å²) in [6, 6.07) is 51.6. The summed E-state index contributed by atoms with van der Waals surface area (Å²) in [6.45, 7) is 16.0. The van der Waals surface area contributed by atoms with Gasteiger partial charge in [0.2, 0.25) is 0 Å². The molecule has 0 atom stereocenters. The molecule has 0 bridgehead atoms. The van der Waals surface area contributed by atoms with E-state index in [1.54, 1.807) is 0 Å². The Bertz CT molecular complexity index is 2910. The van der Waals surface area contributed by atoms with E-state index in [1.807, 2.05) is 30.5 Å². The molecule has 1 aliphatic carbocycles. The van der Waals surface area contributed by atoms with Crippen LogP contribution in [0.5, 0.6) is 11.5 Å². The number of fused-ring (bicyclic) bond motifs is 12. The van der Waals surface area contributed by atoms with Gasteiger partial charge in [0.15, 0.2) is 0 Å². The van der Waals surface area contributed by atoms with E-state index < -0.39 is 5.41 Å². The number of nitrogens with zero attached hydrogens (tertiary/aromatic N) is 4. The Kier molecular flexibility index (Phi) is 8.02. The summed E-state index contributed by atoms with van der Waals surface area (Å²) < 4.78 is 8.95. The molecular weight excluding hydrogens is 892 g/mol. The Morgan fingerprint density at radius 3 is 2.00 bits per heavy atom. The molecule has 8 aromatic rings. The van der Waals surface area contributed by atoms with Crippen LogP contribution in [-0.2, 0) is 37.3 Å². The predicted molar refractivity (Wildman–Crippen MR) is 232 cm³/mol. The van der Waals surface area contributed by atoms with E-state index in [-0.39, 0.29) is 31.9 Å². The fourth-order valence-electron chi connectivity index (χ4n) is 9.61. The van der Waals surface area contributed by atoms with Crippen molar-refractivity contribution in [3.8, 4) is 28.4 Å². The quantitative estimate of drug-likeness (QED) is 0.165. The molecule has 0 amide bonds. The van der Waals surface area contributed by atoms with Gasteiger partial charge in [-0.2, -0.15) is 18.8 Å². The Morgan fingerprint density at radius 2 is 1.31 bits per heavy atom. The monoisotopic (exact) mass is 934 g/mol. The molecular formula is C52H43N4OPt-3. The van der Waals surface area contributed by atoms with Crippen molar-refractivity contribution in [3.63, 3.8) is 0 Å². The van der Waals surface area contributed by atoms with Gasteiger partial charge in [0.25, 0.3) is 0 Å². The number of benzene rings is 6. The molecule has 6 heteroatoms. The maximum atomic E-state index is 6.78. The summed E-state index contributed by atoms with van der Waals surface area (Å²) in [4.78, 5) is 9.27. The molecule has 11 rings (SSSR count). The van der Waals surface area contributed by atoms with Crippen LogP contribution in [0.2, 0.25) is 0 Å². The first-order valence-corrected chi connectivity index (χ1v) is 19.9. The summed E-state index contributed by atoms with van der Waals surface area (Å²) in [6.07, 6.45) is 1.83. The molecule has 0 radical (unpaired) electrons. The van der Waals surface area contributed by atoms with Crippen LogP contribution in [0, 0.1) is 18.8 Å². The number of pyridine rings is 1. The Labute approximate surface area is 355 Å². The molecule has 58 heavy (non-hydrogen) atoms. The molecule has 3 aliphatic rings. The van der Waals surface area contributed by atoms with Crippen LogP contribution in [0.1, 0.15) is 74.9 Å². The molecule has 5 nitrogen and oxygen atoms in total. The predicted octanol–water partition coefficient (Wildman–Crippen LogP) is 12.5. The van der Waals surface area contributed by atoms with Gasteiger partial charge in [0.05, 0.1) is 0 Å². The van der Waals surface area contributed by atoms with Crippen LogP contribution in [0.15, 0.2) is 128 Å². The third-order valence-electron chi connectivity index (χ3n) is 12.4. The number of rotatable bonds is 3. The van der Waals surface area contributed by atoms with Crippen molar-refractivity contribution < 1.29 is 25.8 Å². The van der Waals surface area contributed by atoms with Crippen LogP contribution in [-0.4, -0.2) is 16.6 Å². The molecule has 2 aromatic heterocycles. The number of hydrogen-bond donors (Lipinski definition) is 0. The van der Waals surface area contributed by atoms with Crippen molar-refractivity contribution in [2.24, 2.45) is 0 Å². The summed E-state index contributed by atoms with van der Waals surface area (Å²) in [5.74, 6) is 2.09. The van der Waals surface area contributed by atoms with E-state index in [1.165, 1.54) is 55.9 Å². The number of para-hydroxylation sites is 2. The maximum Gasteiger partial charge on any atom is 0.135 e. The zero-order chi connectivity index (χ0) is 39.0.